The van der Waals surface area contributed by atoms with Gasteiger partial charge in [-0.1, -0.05) is 18.2 Å². The lowest BCUT2D eigenvalue weighted by molar-refractivity contribution is -0.348. The number of amides is 2. The summed E-state index contributed by atoms with van der Waals surface area (Å²) in [6.45, 7) is 1.15. The van der Waals surface area contributed by atoms with Crippen LogP contribution in [0.3, 0.4) is 0 Å². The molecule has 3 aliphatic rings. The lowest BCUT2D eigenvalue weighted by Crippen LogP contribution is -2.59. The standard InChI is InChI=1S/C29H28F8N2O5S/c1-17(40)38-13-10-25(42,11-14-38)24(41)39-15-12-26(45(43,44)21-6-4-20(30)5-7-21)22-8-3-19(16-18(22)2-9-23(26)39)27(31,28(32,33)34)29(35,36)37/h3-8,16,23,42H,2,9-15H2,1H3/t23-,26-/m1/s1. The number of aryl methyl sites for hydroxylation is 1. The first kappa shape index (κ1) is 33.1. The highest BCUT2D eigenvalue weighted by Gasteiger charge is 2.74. The fraction of sp³-hybridized carbons (Fsp3) is 0.517. The molecule has 0 unspecified atom stereocenters. The number of halogens is 8. The summed E-state index contributed by atoms with van der Waals surface area (Å²) in [5, 5.41) is 11.3. The third kappa shape index (κ3) is 4.89. The molecule has 2 atom stereocenters. The zero-order valence-corrected chi connectivity index (χ0v) is 24.5. The van der Waals surface area contributed by atoms with Gasteiger partial charge in [-0.3, -0.25) is 9.59 Å². The number of hydrogen-bond donors (Lipinski definition) is 1. The second kappa shape index (κ2) is 10.6. The van der Waals surface area contributed by atoms with E-state index in [2.05, 4.69) is 0 Å². The van der Waals surface area contributed by atoms with E-state index < -0.39 is 66.4 Å². The largest absolute Gasteiger partial charge is 0.435 e. The highest BCUT2D eigenvalue weighted by Crippen LogP contribution is 2.57. The van der Waals surface area contributed by atoms with Gasteiger partial charge in [0.05, 0.1) is 10.9 Å². The number of sulfone groups is 1. The number of carbonyl (C=O) groups is 2. The molecule has 1 aliphatic carbocycles. The molecular formula is C29H28F8N2O5S. The second-order valence-electron chi connectivity index (χ2n) is 11.7. The summed E-state index contributed by atoms with van der Waals surface area (Å²) >= 11 is 0. The normalized spacial score (nSPS) is 23.8. The van der Waals surface area contributed by atoms with Gasteiger partial charge in [0.2, 0.25) is 5.91 Å². The molecule has 0 spiro atoms. The number of rotatable bonds is 4. The molecule has 16 heteroatoms. The summed E-state index contributed by atoms with van der Waals surface area (Å²) in [4.78, 5) is 27.8. The minimum Gasteiger partial charge on any atom is -0.380 e. The lowest BCUT2D eigenvalue weighted by atomic mass is 9.76. The Morgan fingerprint density at radius 1 is 0.889 bits per heavy atom. The van der Waals surface area contributed by atoms with E-state index >= 15 is 0 Å². The fourth-order valence-electron chi connectivity index (χ4n) is 6.97. The number of fused-ring (bicyclic) bond motifs is 3. The maximum Gasteiger partial charge on any atom is 0.435 e. The zero-order chi connectivity index (χ0) is 33.4. The average molecular weight is 669 g/mol. The summed E-state index contributed by atoms with van der Waals surface area (Å²) in [5.74, 6) is -1.88. The molecule has 2 fully saturated rings. The summed E-state index contributed by atoms with van der Waals surface area (Å²) in [7, 11) is -4.67. The first-order chi connectivity index (χ1) is 20.7. The van der Waals surface area contributed by atoms with Gasteiger partial charge in [0.15, 0.2) is 9.84 Å². The summed E-state index contributed by atoms with van der Waals surface area (Å²) in [5.41, 5.74) is -9.99. The average Bonchev–Trinajstić information content (AvgIpc) is 3.37. The Hall–Kier alpha value is -3.27. The van der Waals surface area contributed by atoms with E-state index in [9.17, 15) is 58.2 Å². The van der Waals surface area contributed by atoms with Crippen molar-refractivity contribution in [2.75, 3.05) is 19.6 Å². The monoisotopic (exact) mass is 668 g/mol. The fourth-order valence-corrected chi connectivity index (χ4v) is 9.34. The van der Waals surface area contributed by atoms with E-state index in [0.717, 1.165) is 35.2 Å². The van der Waals surface area contributed by atoms with Gasteiger partial charge in [0.1, 0.15) is 16.2 Å². The number of alkyl halides is 7. The number of benzene rings is 2. The molecule has 2 aliphatic heterocycles. The molecule has 2 aromatic carbocycles. The number of likely N-dealkylation sites (tertiary alicyclic amines) is 2. The molecular weight excluding hydrogens is 640 g/mol. The Balaban J connectivity index is 1.64. The van der Waals surface area contributed by atoms with Crippen LogP contribution in [0.5, 0.6) is 0 Å². The van der Waals surface area contributed by atoms with E-state index in [1.165, 1.54) is 11.8 Å². The van der Waals surface area contributed by atoms with Crippen molar-refractivity contribution < 1.29 is 58.2 Å². The molecule has 2 heterocycles. The van der Waals surface area contributed by atoms with Gasteiger partial charge >= 0.3 is 18.0 Å². The maximum atomic E-state index is 15.0. The number of piperidine rings is 1. The summed E-state index contributed by atoms with van der Waals surface area (Å²) in [6, 6.07) is 3.72. The Labute approximate surface area is 252 Å². The molecule has 2 amide bonds. The van der Waals surface area contributed by atoms with Crippen LogP contribution in [0.1, 0.15) is 49.3 Å². The van der Waals surface area contributed by atoms with Crippen LogP contribution in [0.15, 0.2) is 47.4 Å². The third-order valence-electron chi connectivity index (χ3n) is 9.36. The number of nitrogens with zero attached hydrogens (tertiary/aromatic N) is 2. The number of carbonyl (C=O) groups excluding carboxylic acids is 2. The van der Waals surface area contributed by atoms with Gasteiger partial charge in [0, 0.05) is 45.0 Å². The first-order valence-electron chi connectivity index (χ1n) is 14.0. The Morgan fingerprint density at radius 3 is 2.00 bits per heavy atom. The minimum absolute atomic E-state index is 0.0457. The van der Waals surface area contributed by atoms with Gasteiger partial charge < -0.3 is 14.9 Å². The molecule has 45 heavy (non-hydrogen) atoms. The van der Waals surface area contributed by atoms with Crippen molar-refractivity contribution >= 4 is 21.7 Å². The van der Waals surface area contributed by atoms with Crippen LogP contribution in [0.2, 0.25) is 0 Å². The highest BCUT2D eigenvalue weighted by atomic mass is 32.2. The van der Waals surface area contributed by atoms with E-state index in [4.69, 9.17) is 0 Å². The van der Waals surface area contributed by atoms with Crippen molar-refractivity contribution in [1.82, 2.24) is 9.80 Å². The highest BCUT2D eigenvalue weighted by molar-refractivity contribution is 7.92. The van der Waals surface area contributed by atoms with Crippen LogP contribution in [0.25, 0.3) is 0 Å². The van der Waals surface area contributed by atoms with Crippen LogP contribution < -0.4 is 0 Å². The maximum absolute atomic E-state index is 15.0. The van der Waals surface area contributed by atoms with Gasteiger partial charge in [0.25, 0.3) is 5.91 Å². The summed E-state index contributed by atoms with van der Waals surface area (Å²) < 4.78 is 137. The SMILES string of the molecule is CC(=O)N1CCC(O)(C(=O)N2CC[C@@]3(S(=O)(=O)c4ccc(F)cc4)c4ccc(C(F)(C(F)(F)F)C(F)(F)F)cc4CC[C@@H]23)CC1. The smallest absolute Gasteiger partial charge is 0.380 e. The van der Waals surface area contributed by atoms with Crippen molar-refractivity contribution in [3.05, 3.63) is 65.0 Å². The molecule has 5 rings (SSSR count). The first-order valence-corrected chi connectivity index (χ1v) is 15.4. The van der Waals surface area contributed by atoms with Gasteiger partial charge in [-0.25, -0.2) is 17.2 Å². The van der Waals surface area contributed by atoms with Crippen LogP contribution in [-0.4, -0.2) is 78.8 Å². The van der Waals surface area contributed by atoms with Gasteiger partial charge in [-0.2, -0.15) is 26.3 Å². The molecule has 2 aromatic rings. The molecule has 2 saturated heterocycles. The number of aliphatic hydroxyl groups is 1. The molecule has 7 nitrogen and oxygen atoms in total. The van der Waals surface area contributed by atoms with E-state index in [0.29, 0.717) is 6.07 Å². The van der Waals surface area contributed by atoms with Crippen LogP contribution in [0, 0.1) is 5.82 Å². The molecule has 0 saturated carbocycles. The van der Waals surface area contributed by atoms with Crippen molar-refractivity contribution in [3.8, 4) is 0 Å². The van der Waals surface area contributed by atoms with Crippen molar-refractivity contribution in [2.45, 2.75) is 78.3 Å². The predicted octanol–water partition coefficient (Wildman–Crippen LogP) is 4.70. The van der Waals surface area contributed by atoms with Gasteiger partial charge in [-0.15, -0.1) is 0 Å². The molecule has 246 valence electrons. The molecule has 0 bridgehead atoms. The molecule has 1 N–H and O–H groups in total. The van der Waals surface area contributed by atoms with E-state index in [1.54, 1.807) is 0 Å². The predicted molar refractivity (Wildman–Crippen MR) is 141 cm³/mol. The minimum atomic E-state index is -6.39. The number of hydrogen-bond acceptors (Lipinski definition) is 5. The van der Waals surface area contributed by atoms with Crippen LogP contribution in [-0.2, 0) is 36.3 Å². The van der Waals surface area contributed by atoms with E-state index in [1.807, 2.05) is 0 Å². The van der Waals surface area contributed by atoms with Crippen molar-refractivity contribution in [3.63, 3.8) is 0 Å². The quantitative estimate of drug-likeness (QED) is 0.377. The molecule has 0 radical (unpaired) electrons. The topological polar surface area (TPSA) is 95.0 Å². The zero-order valence-electron chi connectivity index (χ0n) is 23.7. The Bertz CT molecular complexity index is 1600. The third-order valence-corrected chi connectivity index (χ3v) is 11.9. The lowest BCUT2D eigenvalue weighted by Gasteiger charge is -2.45. The Kier molecular flexibility index (Phi) is 7.83. The molecule has 0 aromatic heterocycles. The summed E-state index contributed by atoms with van der Waals surface area (Å²) in [6.07, 6.45) is -14.0. The van der Waals surface area contributed by atoms with Crippen LogP contribution in [0.4, 0.5) is 35.1 Å². The van der Waals surface area contributed by atoms with Crippen molar-refractivity contribution in [1.29, 1.82) is 0 Å². The second-order valence-corrected chi connectivity index (χ2v) is 13.9. The van der Waals surface area contributed by atoms with Crippen LogP contribution >= 0.6 is 0 Å². The van der Waals surface area contributed by atoms with E-state index in [-0.39, 0.29) is 74.8 Å². The van der Waals surface area contributed by atoms with Crippen molar-refractivity contribution in [2.24, 2.45) is 0 Å². The Morgan fingerprint density at radius 2 is 1.47 bits per heavy atom. The van der Waals surface area contributed by atoms with Gasteiger partial charge in [-0.05, 0) is 54.7 Å².